The van der Waals surface area contributed by atoms with Crippen molar-refractivity contribution in [1.29, 1.82) is 0 Å². The summed E-state index contributed by atoms with van der Waals surface area (Å²) in [7, 11) is 0. The smallest absolute Gasteiger partial charge is 0.178 e. The van der Waals surface area contributed by atoms with Crippen LogP contribution < -0.4 is 5.11 Å². The molecule has 88 valence electrons. The Morgan fingerprint density at radius 1 is 1.44 bits per heavy atom. The van der Waals surface area contributed by atoms with Crippen LogP contribution in [0.2, 0.25) is 0 Å². The lowest BCUT2D eigenvalue weighted by molar-refractivity contribution is -0.259. The molecule has 0 spiro atoms. The van der Waals surface area contributed by atoms with E-state index in [2.05, 4.69) is 15.0 Å². The maximum atomic E-state index is 11.4. The molecule has 0 fully saturated rings. The first kappa shape index (κ1) is 12.4. The molecule has 1 aromatic heterocycles. The van der Waals surface area contributed by atoms with Gasteiger partial charge in [0.1, 0.15) is 5.69 Å². The predicted octanol–water partition coefficient (Wildman–Crippen LogP) is 0.132. The summed E-state index contributed by atoms with van der Waals surface area (Å²) in [6.07, 6.45) is 2.06. The van der Waals surface area contributed by atoms with Gasteiger partial charge in [-0.15, -0.1) is 0 Å². The minimum atomic E-state index is -0.747. The van der Waals surface area contributed by atoms with Crippen molar-refractivity contribution in [3.63, 3.8) is 0 Å². The van der Waals surface area contributed by atoms with E-state index in [1.165, 1.54) is 12.4 Å². The molecule has 0 aliphatic rings. The molecule has 0 amide bonds. The molecule has 1 N–H and O–H groups in total. The second-order valence-electron chi connectivity index (χ2n) is 4.08. The summed E-state index contributed by atoms with van der Waals surface area (Å²) in [5.74, 6) is 0.0826. The quantitative estimate of drug-likeness (QED) is 0.569. The Morgan fingerprint density at radius 3 is 2.62 bits per heavy atom. The van der Waals surface area contributed by atoms with Gasteiger partial charge in [-0.05, 0) is 0 Å². The lowest BCUT2D eigenvalue weighted by atomic mass is 10.2. The van der Waals surface area contributed by atoms with E-state index >= 15 is 0 Å². The van der Waals surface area contributed by atoms with Gasteiger partial charge in [0.05, 0.1) is 6.61 Å². The highest BCUT2D eigenvalue weighted by Gasteiger charge is 2.06. The molecular formula is C10H14N3O3-. The summed E-state index contributed by atoms with van der Waals surface area (Å²) in [6.45, 7) is 4.90. The second kappa shape index (κ2) is 4.89. The lowest BCUT2D eigenvalue weighted by Crippen LogP contribution is -2.31. The van der Waals surface area contributed by atoms with Crippen molar-refractivity contribution in [2.75, 3.05) is 0 Å². The van der Waals surface area contributed by atoms with Gasteiger partial charge in [-0.3, -0.25) is 4.98 Å². The van der Waals surface area contributed by atoms with Crippen molar-refractivity contribution >= 4 is 11.9 Å². The van der Waals surface area contributed by atoms with Crippen LogP contribution in [0.5, 0.6) is 0 Å². The zero-order valence-corrected chi connectivity index (χ0v) is 9.47. The minimum Gasteiger partial charge on any atom is -0.594 e. The standard InChI is InChI=1S/C10H15N3O3/c1-10(2,3)16-9(15)13-8-7(6-14)11-4-5-12-8/h4-5,14H,6H2,1-3H3,(H,12,13,15)/p-1. The Balaban J connectivity index is 2.89. The molecule has 0 aliphatic heterocycles. The minimum absolute atomic E-state index is 0.0826. The van der Waals surface area contributed by atoms with Crippen LogP contribution in [0.25, 0.3) is 0 Å². The maximum Gasteiger partial charge on any atom is 0.178 e. The van der Waals surface area contributed by atoms with E-state index in [0.717, 1.165) is 0 Å². The summed E-state index contributed by atoms with van der Waals surface area (Å²) in [4.78, 5) is 11.3. The largest absolute Gasteiger partial charge is 0.594 e. The molecule has 1 aromatic rings. The van der Waals surface area contributed by atoms with Crippen LogP contribution in [-0.4, -0.2) is 26.8 Å². The molecule has 6 nitrogen and oxygen atoms in total. The first-order valence-electron chi connectivity index (χ1n) is 4.78. The third kappa shape index (κ3) is 3.82. The van der Waals surface area contributed by atoms with Crippen molar-refractivity contribution < 1.29 is 14.9 Å². The van der Waals surface area contributed by atoms with E-state index in [-0.39, 0.29) is 18.1 Å². The first-order valence-corrected chi connectivity index (χ1v) is 4.78. The number of aliphatic hydroxyl groups excluding tert-OH is 1. The summed E-state index contributed by atoms with van der Waals surface area (Å²) < 4.78 is 4.99. The van der Waals surface area contributed by atoms with Gasteiger partial charge in [0.25, 0.3) is 0 Å². The Bertz CT molecular complexity index is 385. The number of nitrogens with zero attached hydrogens (tertiary/aromatic N) is 3. The van der Waals surface area contributed by atoms with Crippen molar-refractivity contribution in [1.82, 2.24) is 9.97 Å². The van der Waals surface area contributed by atoms with Gasteiger partial charge in [-0.1, -0.05) is 20.8 Å². The fourth-order valence-electron chi connectivity index (χ4n) is 0.936. The van der Waals surface area contributed by atoms with Gasteiger partial charge in [0.15, 0.2) is 11.9 Å². The molecule has 0 atom stereocenters. The number of aliphatic imine (C=N–C) groups is 1. The topological polar surface area (TPSA) is 90.7 Å². The van der Waals surface area contributed by atoms with Crippen LogP contribution in [0.4, 0.5) is 5.82 Å². The summed E-state index contributed by atoms with van der Waals surface area (Å²) in [5, 5.41) is 20.3. The number of aromatic nitrogens is 2. The lowest BCUT2D eigenvalue weighted by Gasteiger charge is -2.29. The molecule has 1 heterocycles. The molecule has 0 aliphatic carbocycles. The zero-order chi connectivity index (χ0) is 12.2. The zero-order valence-electron chi connectivity index (χ0n) is 9.47. The summed E-state index contributed by atoms with van der Waals surface area (Å²) >= 11 is 0. The van der Waals surface area contributed by atoms with E-state index in [0.29, 0.717) is 0 Å². The van der Waals surface area contributed by atoms with Gasteiger partial charge in [-0.25, -0.2) is 9.98 Å². The van der Waals surface area contributed by atoms with Crippen molar-refractivity contribution in [3.05, 3.63) is 18.1 Å². The predicted molar refractivity (Wildman–Crippen MR) is 55.9 cm³/mol. The van der Waals surface area contributed by atoms with Crippen LogP contribution >= 0.6 is 0 Å². The Kier molecular flexibility index (Phi) is 3.78. The third-order valence-corrected chi connectivity index (χ3v) is 1.49. The highest BCUT2D eigenvalue weighted by atomic mass is 16.6. The van der Waals surface area contributed by atoms with Crippen LogP contribution in [0.3, 0.4) is 0 Å². The Morgan fingerprint density at radius 2 is 2.06 bits per heavy atom. The fourth-order valence-corrected chi connectivity index (χ4v) is 0.936. The van der Waals surface area contributed by atoms with Crippen LogP contribution in [0, 0.1) is 0 Å². The first-order chi connectivity index (χ1) is 7.42. The van der Waals surface area contributed by atoms with Gasteiger partial charge >= 0.3 is 0 Å². The van der Waals surface area contributed by atoms with Crippen molar-refractivity contribution in [3.8, 4) is 0 Å². The van der Waals surface area contributed by atoms with Crippen LogP contribution in [0.1, 0.15) is 26.5 Å². The van der Waals surface area contributed by atoms with Gasteiger partial charge in [0.2, 0.25) is 0 Å². The van der Waals surface area contributed by atoms with Gasteiger partial charge < -0.3 is 14.9 Å². The average molecular weight is 224 g/mol. The van der Waals surface area contributed by atoms with Crippen molar-refractivity contribution in [2.45, 2.75) is 33.0 Å². The molecular weight excluding hydrogens is 210 g/mol. The maximum absolute atomic E-state index is 11.4. The number of aliphatic hydroxyl groups is 1. The molecule has 0 bridgehead atoms. The van der Waals surface area contributed by atoms with Crippen LogP contribution in [0.15, 0.2) is 17.4 Å². The van der Waals surface area contributed by atoms with E-state index in [1.54, 1.807) is 20.8 Å². The summed E-state index contributed by atoms with van der Waals surface area (Å²) in [5.41, 5.74) is -0.365. The highest BCUT2D eigenvalue weighted by Crippen LogP contribution is 2.13. The molecule has 0 unspecified atom stereocenters. The third-order valence-electron chi connectivity index (χ3n) is 1.49. The second-order valence-corrected chi connectivity index (χ2v) is 4.08. The molecule has 0 aromatic carbocycles. The molecule has 0 saturated carbocycles. The highest BCUT2D eigenvalue weighted by molar-refractivity contribution is 5.66. The van der Waals surface area contributed by atoms with Crippen LogP contribution in [-0.2, 0) is 11.3 Å². The fraction of sp³-hybridized carbons (Fsp3) is 0.500. The SMILES string of the molecule is CC(C)(C)OC([O-])=Nc1nccnc1CO. The normalized spacial score (nSPS) is 12.6. The van der Waals surface area contributed by atoms with E-state index in [9.17, 15) is 5.11 Å². The number of rotatable bonds is 2. The van der Waals surface area contributed by atoms with Crippen molar-refractivity contribution in [2.24, 2.45) is 4.99 Å². The average Bonchev–Trinajstić information content (AvgIpc) is 2.15. The monoisotopic (exact) mass is 224 g/mol. The van der Waals surface area contributed by atoms with Gasteiger partial charge in [-0.2, -0.15) is 0 Å². The Labute approximate surface area is 93.7 Å². The van der Waals surface area contributed by atoms with Gasteiger partial charge in [0, 0.05) is 18.0 Å². The molecule has 0 radical (unpaired) electrons. The van der Waals surface area contributed by atoms with E-state index in [1.807, 2.05) is 0 Å². The van der Waals surface area contributed by atoms with E-state index < -0.39 is 11.7 Å². The molecule has 1 rings (SSSR count). The molecule has 0 saturated heterocycles. The van der Waals surface area contributed by atoms with E-state index in [4.69, 9.17) is 9.84 Å². The Hall–Kier alpha value is -1.69. The molecule has 16 heavy (non-hydrogen) atoms. The number of hydrogen-bond donors (Lipinski definition) is 1. The molecule has 6 heteroatoms. The summed E-state index contributed by atoms with van der Waals surface area (Å²) in [6, 6.07) is 0. The number of ether oxygens (including phenoxy) is 1. The number of hydrogen-bond acceptors (Lipinski definition) is 6.